The third-order valence-corrected chi connectivity index (χ3v) is 6.93. The largest absolute Gasteiger partial charge is 0.494 e. The number of likely N-dealkylation sites (tertiary alicyclic amines) is 2. The predicted octanol–water partition coefficient (Wildman–Crippen LogP) is 1.63. The molecule has 1 amide bonds. The first-order valence-corrected chi connectivity index (χ1v) is 12.6. The van der Waals surface area contributed by atoms with E-state index in [1.165, 1.54) is 12.4 Å². The van der Waals surface area contributed by atoms with Gasteiger partial charge in [0, 0.05) is 81.0 Å². The summed E-state index contributed by atoms with van der Waals surface area (Å²) in [5, 5.41) is 13.6. The number of allylic oxidation sites excluding steroid dienone is 1. The number of ether oxygens (including phenoxy) is 1. The van der Waals surface area contributed by atoms with Gasteiger partial charge in [-0.1, -0.05) is 6.08 Å². The molecule has 0 spiro atoms. The fourth-order valence-corrected chi connectivity index (χ4v) is 4.83. The Morgan fingerprint density at radius 3 is 2.76 bits per heavy atom. The van der Waals surface area contributed by atoms with E-state index in [0.29, 0.717) is 22.7 Å². The normalized spacial score (nSPS) is 18.2. The number of methoxy groups -OCH3 is 1. The second-order valence-electron chi connectivity index (χ2n) is 9.97. The molecule has 0 aromatic carbocycles. The summed E-state index contributed by atoms with van der Waals surface area (Å²) in [6.45, 7) is 5.49. The zero-order valence-electron chi connectivity index (χ0n) is 21.9. The summed E-state index contributed by atoms with van der Waals surface area (Å²) in [4.78, 5) is 23.5. The topological polar surface area (TPSA) is 115 Å². The van der Waals surface area contributed by atoms with Crippen molar-refractivity contribution in [1.29, 1.82) is 5.26 Å². The minimum absolute atomic E-state index is 0.115. The molecule has 2 saturated heterocycles. The molecule has 0 radical (unpaired) electrons. The number of hydrogen-bond acceptors (Lipinski definition) is 8. The number of piperidine rings is 1. The first-order valence-electron chi connectivity index (χ1n) is 12.6. The second-order valence-corrected chi connectivity index (χ2v) is 9.97. The molecule has 2 fully saturated rings. The van der Waals surface area contributed by atoms with Crippen molar-refractivity contribution in [2.75, 3.05) is 60.5 Å². The summed E-state index contributed by atoms with van der Waals surface area (Å²) in [5.41, 5.74) is 8.63. The van der Waals surface area contributed by atoms with Gasteiger partial charge in [0.2, 0.25) is 5.91 Å². The molecule has 2 aliphatic heterocycles. The number of nitrogens with zero attached hydrogens (tertiary/aromatic N) is 7. The van der Waals surface area contributed by atoms with Crippen LogP contribution in [0, 0.1) is 17.2 Å². The van der Waals surface area contributed by atoms with Crippen molar-refractivity contribution in [3.05, 3.63) is 47.9 Å². The lowest BCUT2D eigenvalue weighted by molar-refractivity contribution is -0.132. The van der Waals surface area contributed by atoms with Gasteiger partial charge in [0.1, 0.15) is 22.9 Å². The van der Waals surface area contributed by atoms with Gasteiger partial charge in [-0.15, -0.1) is 0 Å². The van der Waals surface area contributed by atoms with Crippen LogP contribution in [0.15, 0.2) is 41.8 Å². The fraction of sp³-hybridized carbons (Fsp3) is 0.481. The quantitative estimate of drug-likeness (QED) is 0.408. The number of aromatic nitrogens is 2. The van der Waals surface area contributed by atoms with Crippen LogP contribution in [0.25, 0.3) is 11.1 Å². The Kier molecular flexibility index (Phi) is 8.58. The number of hydrogen-bond donors (Lipinski definition) is 1. The van der Waals surface area contributed by atoms with Crippen LogP contribution in [0.3, 0.4) is 0 Å². The van der Waals surface area contributed by atoms with Crippen molar-refractivity contribution in [3.63, 3.8) is 0 Å². The Morgan fingerprint density at radius 1 is 1.35 bits per heavy atom. The molecular formula is C27H36N8O2. The van der Waals surface area contributed by atoms with Crippen LogP contribution >= 0.6 is 0 Å². The van der Waals surface area contributed by atoms with Crippen molar-refractivity contribution in [3.8, 4) is 11.8 Å². The van der Waals surface area contributed by atoms with E-state index in [4.69, 9.17) is 15.5 Å². The Bertz CT molecular complexity index is 1220. The Hall–Kier alpha value is -3.68. The van der Waals surface area contributed by atoms with Crippen LogP contribution in [-0.2, 0) is 4.79 Å². The van der Waals surface area contributed by atoms with Gasteiger partial charge in [-0.25, -0.2) is 4.52 Å². The number of likely N-dealkylation sites (N-methyl/N-ethyl adjacent to an activating group) is 1. The number of aliphatic imine (C=N–C) groups is 1. The molecule has 2 N–H and O–H groups in total. The highest BCUT2D eigenvalue weighted by molar-refractivity contribution is 6.09. The summed E-state index contributed by atoms with van der Waals surface area (Å²) in [5.74, 6) is 1.23. The van der Waals surface area contributed by atoms with Crippen LogP contribution in [0.5, 0.6) is 5.75 Å². The van der Waals surface area contributed by atoms with Crippen LogP contribution < -0.4 is 10.5 Å². The van der Waals surface area contributed by atoms with E-state index >= 15 is 0 Å². The summed E-state index contributed by atoms with van der Waals surface area (Å²) in [7, 11) is 5.55. The number of nitrogens with two attached hydrogens (primary N) is 1. The maximum absolute atomic E-state index is 12.2. The van der Waals surface area contributed by atoms with E-state index in [1.54, 1.807) is 17.7 Å². The van der Waals surface area contributed by atoms with Gasteiger partial charge in [-0.3, -0.25) is 9.79 Å². The van der Waals surface area contributed by atoms with Gasteiger partial charge in [-0.2, -0.15) is 10.4 Å². The first-order chi connectivity index (χ1) is 17.9. The molecule has 0 atom stereocenters. The van der Waals surface area contributed by atoms with E-state index in [-0.39, 0.29) is 11.9 Å². The van der Waals surface area contributed by atoms with E-state index < -0.39 is 0 Å². The van der Waals surface area contributed by atoms with Crippen molar-refractivity contribution in [2.24, 2.45) is 16.6 Å². The van der Waals surface area contributed by atoms with E-state index in [0.717, 1.165) is 63.2 Å². The summed E-state index contributed by atoms with van der Waals surface area (Å²) < 4.78 is 7.14. The van der Waals surface area contributed by atoms with Gasteiger partial charge >= 0.3 is 0 Å². The van der Waals surface area contributed by atoms with Crippen LogP contribution in [0.2, 0.25) is 0 Å². The molecule has 0 saturated carbocycles. The minimum atomic E-state index is 0.115. The number of carbonyl (C=O) groups is 1. The lowest BCUT2D eigenvalue weighted by Gasteiger charge is -2.42. The second kappa shape index (κ2) is 12.0. The summed E-state index contributed by atoms with van der Waals surface area (Å²) in [6.07, 6.45) is 12.3. The molecule has 10 heteroatoms. The Labute approximate surface area is 218 Å². The average molecular weight is 505 g/mol. The molecule has 2 aromatic rings. The van der Waals surface area contributed by atoms with Gasteiger partial charge in [0.25, 0.3) is 0 Å². The number of amides is 1. The van der Waals surface area contributed by atoms with Gasteiger partial charge < -0.3 is 25.2 Å². The third-order valence-electron chi connectivity index (χ3n) is 6.93. The van der Waals surface area contributed by atoms with Crippen LogP contribution in [0.4, 0.5) is 0 Å². The summed E-state index contributed by atoms with van der Waals surface area (Å²) in [6, 6.07) is 4.24. The van der Waals surface area contributed by atoms with Gasteiger partial charge in [-0.05, 0) is 33.0 Å². The lowest BCUT2D eigenvalue weighted by Crippen LogP contribution is -2.54. The number of fused-ring (bicyclic) bond motifs is 1. The number of carbonyl (C=O) groups excluding carboxylic acids is 1. The molecule has 37 heavy (non-hydrogen) atoms. The van der Waals surface area contributed by atoms with Crippen molar-refractivity contribution < 1.29 is 9.53 Å². The maximum Gasteiger partial charge on any atom is 0.246 e. The zero-order chi connectivity index (χ0) is 26.4. The van der Waals surface area contributed by atoms with Crippen LogP contribution in [0.1, 0.15) is 24.0 Å². The SMILES string of the molecule is COc1cc(C(C=NC2CCN(CC3CN(C(=O)/C=C/CN(C)C)C3)CC2)=CN)cn2ncc(C#N)c12. The van der Waals surface area contributed by atoms with Crippen molar-refractivity contribution in [2.45, 2.75) is 18.9 Å². The first kappa shape index (κ1) is 26.4. The maximum atomic E-state index is 12.2. The van der Waals surface area contributed by atoms with Crippen LogP contribution in [-0.4, -0.2) is 103 Å². The Balaban J connectivity index is 1.26. The molecular weight excluding hydrogens is 468 g/mol. The third kappa shape index (κ3) is 6.37. The van der Waals surface area contributed by atoms with E-state index in [9.17, 15) is 10.1 Å². The highest BCUT2D eigenvalue weighted by Gasteiger charge is 2.31. The lowest BCUT2D eigenvalue weighted by atomic mass is 9.97. The highest BCUT2D eigenvalue weighted by Crippen LogP contribution is 2.27. The predicted molar refractivity (Wildman–Crippen MR) is 144 cm³/mol. The Morgan fingerprint density at radius 2 is 2.11 bits per heavy atom. The van der Waals surface area contributed by atoms with E-state index in [2.05, 4.69) is 16.1 Å². The minimum Gasteiger partial charge on any atom is -0.494 e. The number of nitriles is 1. The standard InChI is InChI=1S/C27H36N8O2/c1-32(2)8-4-5-26(36)34-17-20(18-34)16-33-9-6-24(7-10-33)30-14-22(12-28)21-11-25(37-3)27-23(13-29)15-31-35(27)19-21/h4-5,11-12,14-15,19-20,24H,6-10,16-18,28H2,1-3H3/b5-4+,22-12?,30-14?. The van der Waals surface area contributed by atoms with E-state index in [1.807, 2.05) is 48.4 Å². The highest BCUT2D eigenvalue weighted by atomic mass is 16.5. The number of pyridine rings is 1. The molecule has 0 aliphatic carbocycles. The number of rotatable bonds is 9. The molecule has 2 aliphatic rings. The summed E-state index contributed by atoms with van der Waals surface area (Å²) >= 11 is 0. The monoisotopic (exact) mass is 504 g/mol. The van der Waals surface area contributed by atoms with Crippen molar-refractivity contribution >= 4 is 23.2 Å². The molecule has 0 bridgehead atoms. The molecule has 2 aromatic heterocycles. The molecule has 10 nitrogen and oxygen atoms in total. The smallest absolute Gasteiger partial charge is 0.246 e. The zero-order valence-corrected chi connectivity index (χ0v) is 21.9. The molecule has 196 valence electrons. The molecule has 0 unspecified atom stereocenters. The average Bonchev–Trinajstić information content (AvgIpc) is 3.29. The van der Waals surface area contributed by atoms with Gasteiger partial charge in [0.15, 0.2) is 0 Å². The van der Waals surface area contributed by atoms with Crippen molar-refractivity contribution in [1.82, 2.24) is 24.3 Å². The molecule has 4 heterocycles. The molecule has 4 rings (SSSR count). The fourth-order valence-electron chi connectivity index (χ4n) is 4.83. The van der Waals surface area contributed by atoms with Gasteiger partial charge in [0.05, 0.1) is 19.3 Å².